The number of rotatable bonds is 3. The second-order valence-corrected chi connectivity index (χ2v) is 6.61. The summed E-state index contributed by atoms with van der Waals surface area (Å²) < 4.78 is 0. The Bertz CT molecular complexity index is 895. The third-order valence-corrected chi connectivity index (χ3v) is 4.33. The molecule has 0 aromatic heterocycles. The number of carbonyl (C=O) groups is 2. The molecule has 2 aromatic carbocycles. The van der Waals surface area contributed by atoms with E-state index in [4.69, 9.17) is 34.8 Å². The Labute approximate surface area is 158 Å². The van der Waals surface area contributed by atoms with Gasteiger partial charge in [0.05, 0.1) is 11.6 Å². The highest BCUT2D eigenvalue weighted by Gasteiger charge is 2.33. The fourth-order valence-electron chi connectivity index (χ4n) is 2.34. The zero-order valence-corrected chi connectivity index (χ0v) is 14.9. The average molecular weight is 398 g/mol. The van der Waals surface area contributed by atoms with Crippen molar-refractivity contribution in [1.82, 2.24) is 10.2 Å². The van der Waals surface area contributed by atoms with Crippen molar-refractivity contribution in [3.63, 3.8) is 0 Å². The summed E-state index contributed by atoms with van der Waals surface area (Å²) >= 11 is 17.6. The summed E-state index contributed by atoms with van der Waals surface area (Å²) in [6.45, 7) is 0.0987. The normalized spacial score (nSPS) is 15.8. The van der Waals surface area contributed by atoms with Crippen LogP contribution in [0.2, 0.25) is 15.1 Å². The van der Waals surface area contributed by atoms with Crippen molar-refractivity contribution in [1.29, 1.82) is 0 Å². The number of amides is 3. The van der Waals surface area contributed by atoms with E-state index in [1.807, 2.05) is 0 Å². The summed E-state index contributed by atoms with van der Waals surface area (Å²) in [6.07, 6.45) is 1.33. The van der Waals surface area contributed by atoms with Crippen molar-refractivity contribution < 1.29 is 14.7 Å². The Morgan fingerprint density at radius 2 is 1.72 bits per heavy atom. The molecular weight excluding hydrogens is 387 g/mol. The molecule has 1 saturated heterocycles. The molecule has 1 aliphatic rings. The first-order chi connectivity index (χ1) is 11.8. The molecule has 0 spiro atoms. The SMILES string of the molecule is O=C1N/C(=C\c2cc(Cl)cc(Cl)c2O)C(=O)N1Cc1ccc(Cl)cc1. The summed E-state index contributed by atoms with van der Waals surface area (Å²) in [5.74, 6) is -0.743. The number of carbonyl (C=O) groups excluding carboxylic acids is 2. The van der Waals surface area contributed by atoms with Gasteiger partial charge in [0.25, 0.3) is 5.91 Å². The van der Waals surface area contributed by atoms with Crippen LogP contribution in [-0.4, -0.2) is 21.9 Å². The minimum Gasteiger partial charge on any atom is -0.506 e. The number of imide groups is 1. The lowest BCUT2D eigenvalue weighted by Crippen LogP contribution is -2.30. The van der Waals surface area contributed by atoms with E-state index in [0.29, 0.717) is 10.0 Å². The van der Waals surface area contributed by atoms with E-state index < -0.39 is 11.9 Å². The molecule has 0 unspecified atom stereocenters. The van der Waals surface area contributed by atoms with Crippen molar-refractivity contribution in [3.8, 4) is 5.75 Å². The van der Waals surface area contributed by atoms with Crippen LogP contribution in [0.1, 0.15) is 11.1 Å². The Morgan fingerprint density at radius 3 is 2.40 bits per heavy atom. The summed E-state index contributed by atoms with van der Waals surface area (Å²) in [4.78, 5) is 25.6. The maximum atomic E-state index is 12.5. The third-order valence-electron chi connectivity index (χ3n) is 3.57. The van der Waals surface area contributed by atoms with E-state index in [1.165, 1.54) is 18.2 Å². The minimum absolute atomic E-state index is 0.0209. The fourth-order valence-corrected chi connectivity index (χ4v) is 2.97. The number of phenols is 1. The zero-order chi connectivity index (χ0) is 18.1. The molecule has 128 valence electrons. The van der Waals surface area contributed by atoms with Gasteiger partial charge >= 0.3 is 6.03 Å². The molecule has 1 fully saturated rings. The largest absolute Gasteiger partial charge is 0.506 e. The predicted molar refractivity (Wildman–Crippen MR) is 96.6 cm³/mol. The highest BCUT2D eigenvalue weighted by molar-refractivity contribution is 6.36. The quantitative estimate of drug-likeness (QED) is 0.594. The van der Waals surface area contributed by atoms with Crippen LogP contribution >= 0.6 is 34.8 Å². The lowest BCUT2D eigenvalue weighted by molar-refractivity contribution is -0.123. The van der Waals surface area contributed by atoms with Gasteiger partial charge in [-0.15, -0.1) is 0 Å². The first-order valence-electron chi connectivity index (χ1n) is 7.12. The molecule has 0 atom stereocenters. The molecule has 3 amide bonds. The van der Waals surface area contributed by atoms with Gasteiger partial charge in [-0.1, -0.05) is 46.9 Å². The van der Waals surface area contributed by atoms with Crippen molar-refractivity contribution in [3.05, 3.63) is 68.3 Å². The van der Waals surface area contributed by atoms with E-state index >= 15 is 0 Å². The molecule has 5 nitrogen and oxygen atoms in total. The van der Waals surface area contributed by atoms with Crippen LogP contribution in [0.25, 0.3) is 6.08 Å². The van der Waals surface area contributed by atoms with Crippen LogP contribution in [0, 0.1) is 0 Å². The molecule has 0 saturated carbocycles. The van der Waals surface area contributed by atoms with E-state index in [0.717, 1.165) is 10.5 Å². The zero-order valence-electron chi connectivity index (χ0n) is 12.6. The molecule has 2 aromatic rings. The predicted octanol–water partition coefficient (Wildman–Crippen LogP) is 4.45. The van der Waals surface area contributed by atoms with Crippen LogP contribution in [0.5, 0.6) is 5.75 Å². The van der Waals surface area contributed by atoms with Crippen molar-refractivity contribution >= 4 is 52.8 Å². The average Bonchev–Trinajstić information content (AvgIpc) is 2.81. The summed E-state index contributed by atoms with van der Waals surface area (Å²) in [5, 5.41) is 13.4. The van der Waals surface area contributed by atoms with Crippen molar-refractivity contribution in [2.24, 2.45) is 0 Å². The first-order valence-corrected chi connectivity index (χ1v) is 8.25. The lowest BCUT2D eigenvalue weighted by Gasteiger charge is -2.11. The topological polar surface area (TPSA) is 69.6 Å². The van der Waals surface area contributed by atoms with Gasteiger partial charge < -0.3 is 10.4 Å². The lowest BCUT2D eigenvalue weighted by atomic mass is 10.1. The van der Waals surface area contributed by atoms with Crippen LogP contribution in [-0.2, 0) is 11.3 Å². The monoisotopic (exact) mass is 396 g/mol. The van der Waals surface area contributed by atoms with Gasteiger partial charge in [-0.2, -0.15) is 0 Å². The molecule has 1 aliphatic heterocycles. The second-order valence-electron chi connectivity index (χ2n) is 5.33. The maximum absolute atomic E-state index is 12.5. The smallest absolute Gasteiger partial charge is 0.329 e. The number of aromatic hydroxyl groups is 1. The standard InChI is InChI=1S/C17H11Cl3N2O3/c18-11-3-1-9(2-4-11)8-22-16(24)14(21-17(22)25)6-10-5-12(19)7-13(20)15(10)23/h1-7,23H,8H2,(H,21,25)/b14-6-. The van der Waals surface area contributed by atoms with Crippen LogP contribution in [0.15, 0.2) is 42.1 Å². The van der Waals surface area contributed by atoms with E-state index in [-0.39, 0.29) is 28.6 Å². The van der Waals surface area contributed by atoms with Crippen LogP contribution < -0.4 is 5.32 Å². The summed E-state index contributed by atoms with van der Waals surface area (Å²) in [5.41, 5.74) is 1.00. The Kier molecular flexibility index (Phi) is 4.90. The molecule has 0 aliphatic carbocycles. The highest BCUT2D eigenvalue weighted by atomic mass is 35.5. The van der Waals surface area contributed by atoms with Gasteiger partial charge in [0.15, 0.2) is 0 Å². The van der Waals surface area contributed by atoms with Crippen molar-refractivity contribution in [2.45, 2.75) is 6.54 Å². The molecule has 25 heavy (non-hydrogen) atoms. The van der Waals surface area contributed by atoms with Gasteiger partial charge in [-0.05, 0) is 35.9 Å². The molecule has 1 heterocycles. The fraction of sp³-hybridized carbons (Fsp3) is 0.0588. The molecule has 3 rings (SSSR count). The van der Waals surface area contributed by atoms with Gasteiger partial charge in [0.1, 0.15) is 11.4 Å². The second kappa shape index (κ2) is 6.96. The Hall–Kier alpha value is -2.21. The molecule has 0 bridgehead atoms. The van der Waals surface area contributed by atoms with E-state index in [1.54, 1.807) is 24.3 Å². The number of nitrogens with one attached hydrogen (secondary N) is 1. The van der Waals surface area contributed by atoms with E-state index in [9.17, 15) is 14.7 Å². The Morgan fingerprint density at radius 1 is 1.04 bits per heavy atom. The van der Waals surface area contributed by atoms with Gasteiger partial charge in [-0.3, -0.25) is 9.69 Å². The van der Waals surface area contributed by atoms with E-state index in [2.05, 4.69) is 5.32 Å². The molecular formula is C17H11Cl3N2O3. The molecule has 8 heteroatoms. The minimum atomic E-state index is -0.557. The number of urea groups is 1. The van der Waals surface area contributed by atoms with Gasteiger partial charge in [0, 0.05) is 15.6 Å². The third kappa shape index (κ3) is 3.74. The molecule has 0 radical (unpaired) electrons. The number of benzene rings is 2. The van der Waals surface area contributed by atoms with Crippen LogP contribution in [0.4, 0.5) is 4.79 Å². The summed E-state index contributed by atoms with van der Waals surface area (Å²) in [6, 6.07) is 9.08. The van der Waals surface area contributed by atoms with Gasteiger partial charge in [-0.25, -0.2) is 4.79 Å². The first kappa shape index (κ1) is 17.6. The number of hydrogen-bond acceptors (Lipinski definition) is 3. The maximum Gasteiger partial charge on any atom is 0.329 e. The Balaban J connectivity index is 1.87. The highest BCUT2D eigenvalue weighted by Crippen LogP contribution is 2.33. The molecule has 2 N–H and O–H groups in total. The van der Waals surface area contributed by atoms with Crippen molar-refractivity contribution in [2.75, 3.05) is 0 Å². The number of hydrogen-bond donors (Lipinski definition) is 2. The van der Waals surface area contributed by atoms with Gasteiger partial charge in [0.2, 0.25) is 0 Å². The summed E-state index contributed by atoms with van der Waals surface area (Å²) in [7, 11) is 0. The number of phenolic OH excluding ortho intramolecular Hbond substituents is 1. The van der Waals surface area contributed by atoms with Crippen LogP contribution in [0.3, 0.4) is 0 Å². The number of halogens is 3. The number of nitrogens with zero attached hydrogens (tertiary/aromatic N) is 1.